The minimum atomic E-state index is 0.594. The Morgan fingerprint density at radius 1 is 1.27 bits per heavy atom. The van der Waals surface area contributed by atoms with Crippen molar-refractivity contribution >= 4 is 0 Å². The van der Waals surface area contributed by atoms with Crippen molar-refractivity contribution in [3.63, 3.8) is 0 Å². The van der Waals surface area contributed by atoms with Gasteiger partial charge in [-0.2, -0.15) is 0 Å². The highest BCUT2D eigenvalue weighted by Gasteiger charge is 1.95. The number of unbranched alkanes of at least 4 members (excludes halogenated alkanes) is 1. The van der Waals surface area contributed by atoms with E-state index >= 15 is 0 Å². The molecular formula is C14H25N. The summed E-state index contributed by atoms with van der Waals surface area (Å²) in [6, 6.07) is 0.594. The highest BCUT2D eigenvalue weighted by Crippen LogP contribution is 1.95. The Morgan fingerprint density at radius 3 is 2.73 bits per heavy atom. The van der Waals surface area contributed by atoms with E-state index < -0.39 is 0 Å². The lowest BCUT2D eigenvalue weighted by atomic mass is 10.2. The van der Waals surface area contributed by atoms with Gasteiger partial charge >= 0.3 is 0 Å². The predicted octanol–water partition coefficient (Wildman–Crippen LogP) is 3.84. The highest BCUT2D eigenvalue weighted by molar-refractivity contribution is 5.01. The molecule has 1 atom stereocenters. The molecule has 0 bridgehead atoms. The summed E-state index contributed by atoms with van der Waals surface area (Å²) in [5, 5.41) is 3.50. The SMILES string of the molecule is C=CC=CCC=CCC(C)NCCCC. The van der Waals surface area contributed by atoms with E-state index in [1.54, 1.807) is 0 Å². The second kappa shape index (κ2) is 11.3. The van der Waals surface area contributed by atoms with Gasteiger partial charge in [0.25, 0.3) is 0 Å². The van der Waals surface area contributed by atoms with Crippen LogP contribution in [-0.4, -0.2) is 12.6 Å². The number of hydrogen-bond donors (Lipinski definition) is 1. The predicted molar refractivity (Wildman–Crippen MR) is 70.1 cm³/mol. The van der Waals surface area contributed by atoms with Crippen molar-refractivity contribution in [1.29, 1.82) is 0 Å². The third-order valence-corrected chi connectivity index (χ3v) is 2.22. The first-order valence-electron chi connectivity index (χ1n) is 5.97. The second-order valence-corrected chi connectivity index (χ2v) is 3.82. The third kappa shape index (κ3) is 11.1. The van der Waals surface area contributed by atoms with Crippen LogP contribution < -0.4 is 5.32 Å². The van der Waals surface area contributed by atoms with Crippen LogP contribution in [0.1, 0.15) is 39.5 Å². The summed E-state index contributed by atoms with van der Waals surface area (Å²) in [5.41, 5.74) is 0. The molecule has 0 spiro atoms. The van der Waals surface area contributed by atoms with Crippen molar-refractivity contribution in [3.8, 4) is 0 Å². The molecule has 0 amide bonds. The summed E-state index contributed by atoms with van der Waals surface area (Å²) in [6.07, 6.45) is 15.0. The fraction of sp³-hybridized carbons (Fsp3) is 0.571. The molecule has 0 fully saturated rings. The third-order valence-electron chi connectivity index (χ3n) is 2.22. The molecule has 0 aromatic carbocycles. The van der Waals surface area contributed by atoms with Crippen molar-refractivity contribution in [2.24, 2.45) is 0 Å². The van der Waals surface area contributed by atoms with Crippen LogP contribution in [0, 0.1) is 0 Å². The fourth-order valence-electron chi connectivity index (χ4n) is 1.26. The Kier molecular flexibility index (Phi) is 10.6. The van der Waals surface area contributed by atoms with Crippen molar-refractivity contribution in [2.45, 2.75) is 45.6 Å². The largest absolute Gasteiger partial charge is 0.314 e. The van der Waals surface area contributed by atoms with Crippen molar-refractivity contribution < 1.29 is 0 Å². The van der Waals surface area contributed by atoms with Gasteiger partial charge in [-0.1, -0.05) is 50.3 Å². The number of rotatable bonds is 9. The molecule has 15 heavy (non-hydrogen) atoms. The molecule has 86 valence electrons. The molecule has 1 N–H and O–H groups in total. The first-order chi connectivity index (χ1) is 7.31. The molecule has 1 unspecified atom stereocenters. The molecule has 0 aliphatic carbocycles. The zero-order valence-electron chi connectivity index (χ0n) is 10.2. The fourth-order valence-corrected chi connectivity index (χ4v) is 1.26. The van der Waals surface area contributed by atoms with Gasteiger partial charge in [0, 0.05) is 6.04 Å². The minimum Gasteiger partial charge on any atom is -0.314 e. The van der Waals surface area contributed by atoms with Gasteiger partial charge in [-0.25, -0.2) is 0 Å². The van der Waals surface area contributed by atoms with Crippen LogP contribution in [0.5, 0.6) is 0 Å². The number of allylic oxidation sites excluding steroid dienone is 4. The van der Waals surface area contributed by atoms with E-state index in [0.29, 0.717) is 6.04 Å². The molecule has 0 aromatic rings. The average Bonchev–Trinajstić information content (AvgIpc) is 2.23. The van der Waals surface area contributed by atoms with Crippen LogP contribution in [0.2, 0.25) is 0 Å². The van der Waals surface area contributed by atoms with Gasteiger partial charge in [0.1, 0.15) is 0 Å². The molecule has 0 aliphatic rings. The van der Waals surface area contributed by atoms with Crippen LogP contribution in [0.15, 0.2) is 37.0 Å². The van der Waals surface area contributed by atoms with Gasteiger partial charge < -0.3 is 5.32 Å². The summed E-state index contributed by atoms with van der Waals surface area (Å²) < 4.78 is 0. The highest BCUT2D eigenvalue weighted by atomic mass is 14.9. The summed E-state index contributed by atoms with van der Waals surface area (Å²) >= 11 is 0. The lowest BCUT2D eigenvalue weighted by Gasteiger charge is -2.10. The van der Waals surface area contributed by atoms with Gasteiger partial charge in [0.05, 0.1) is 0 Å². The van der Waals surface area contributed by atoms with E-state index in [1.807, 2.05) is 12.2 Å². The Labute approximate surface area is 95.0 Å². The van der Waals surface area contributed by atoms with Crippen molar-refractivity contribution in [3.05, 3.63) is 37.0 Å². The van der Waals surface area contributed by atoms with Gasteiger partial charge in [-0.3, -0.25) is 0 Å². The van der Waals surface area contributed by atoms with Crippen LogP contribution in [-0.2, 0) is 0 Å². The maximum atomic E-state index is 3.63. The zero-order chi connectivity index (χ0) is 11.4. The van der Waals surface area contributed by atoms with E-state index in [-0.39, 0.29) is 0 Å². The van der Waals surface area contributed by atoms with Crippen molar-refractivity contribution in [1.82, 2.24) is 5.32 Å². The molecule has 0 aliphatic heterocycles. The first kappa shape index (κ1) is 14.2. The van der Waals surface area contributed by atoms with E-state index in [1.165, 1.54) is 12.8 Å². The van der Waals surface area contributed by atoms with E-state index in [4.69, 9.17) is 0 Å². The maximum absolute atomic E-state index is 3.63. The summed E-state index contributed by atoms with van der Waals surface area (Å²) in [6.45, 7) is 9.22. The Hall–Kier alpha value is -0.820. The first-order valence-corrected chi connectivity index (χ1v) is 5.97. The van der Waals surface area contributed by atoms with E-state index in [2.05, 4.69) is 44.0 Å². The van der Waals surface area contributed by atoms with E-state index in [9.17, 15) is 0 Å². The van der Waals surface area contributed by atoms with Gasteiger partial charge in [0.15, 0.2) is 0 Å². The molecule has 0 aromatic heterocycles. The monoisotopic (exact) mass is 207 g/mol. The lowest BCUT2D eigenvalue weighted by Crippen LogP contribution is -2.26. The molecule has 1 heteroatoms. The Morgan fingerprint density at radius 2 is 2.07 bits per heavy atom. The van der Waals surface area contributed by atoms with Crippen LogP contribution >= 0.6 is 0 Å². The second-order valence-electron chi connectivity index (χ2n) is 3.82. The van der Waals surface area contributed by atoms with Crippen LogP contribution in [0.3, 0.4) is 0 Å². The molecular weight excluding hydrogens is 182 g/mol. The summed E-state index contributed by atoms with van der Waals surface area (Å²) in [7, 11) is 0. The molecule has 0 rings (SSSR count). The van der Waals surface area contributed by atoms with E-state index in [0.717, 1.165) is 19.4 Å². The van der Waals surface area contributed by atoms with Gasteiger partial charge in [0.2, 0.25) is 0 Å². The van der Waals surface area contributed by atoms with Crippen LogP contribution in [0.4, 0.5) is 0 Å². The molecule has 1 nitrogen and oxygen atoms in total. The Balaban J connectivity index is 3.39. The average molecular weight is 207 g/mol. The standard InChI is InChI=1S/C14H25N/c1-4-6-8-9-10-11-12-14(3)15-13-7-5-2/h4,6,8,10-11,14-15H,1,5,7,9,12-13H2,2-3H3. The maximum Gasteiger partial charge on any atom is 0.00732 e. The topological polar surface area (TPSA) is 12.0 Å². The number of nitrogens with one attached hydrogen (secondary N) is 1. The lowest BCUT2D eigenvalue weighted by molar-refractivity contribution is 0.537. The Bertz CT molecular complexity index is 192. The normalized spacial score (nSPS) is 13.7. The van der Waals surface area contributed by atoms with Gasteiger partial charge in [-0.15, -0.1) is 0 Å². The summed E-state index contributed by atoms with van der Waals surface area (Å²) in [4.78, 5) is 0. The van der Waals surface area contributed by atoms with Crippen LogP contribution in [0.25, 0.3) is 0 Å². The zero-order valence-corrected chi connectivity index (χ0v) is 10.2. The molecule has 0 saturated carbocycles. The summed E-state index contributed by atoms with van der Waals surface area (Å²) in [5.74, 6) is 0. The van der Waals surface area contributed by atoms with Crippen molar-refractivity contribution in [2.75, 3.05) is 6.54 Å². The molecule has 0 radical (unpaired) electrons. The molecule has 0 heterocycles. The number of hydrogen-bond acceptors (Lipinski definition) is 1. The molecule has 0 saturated heterocycles. The van der Waals surface area contributed by atoms with Gasteiger partial charge in [-0.05, 0) is 32.7 Å². The smallest absolute Gasteiger partial charge is 0.00732 e. The minimum absolute atomic E-state index is 0.594. The quantitative estimate of drug-likeness (QED) is 0.344.